The van der Waals surface area contributed by atoms with Gasteiger partial charge in [-0.2, -0.15) is 0 Å². The monoisotopic (exact) mass is 244 g/mol. The molecule has 0 unspecified atom stereocenters. The van der Waals surface area contributed by atoms with Crippen LogP contribution in [-0.2, 0) is 0 Å². The van der Waals surface area contributed by atoms with Crippen molar-refractivity contribution in [2.45, 2.75) is 32.6 Å². The lowest BCUT2D eigenvalue weighted by Crippen LogP contribution is -2.19. The minimum atomic E-state index is 0.120. The lowest BCUT2D eigenvalue weighted by Gasteiger charge is -2.25. The molecule has 0 saturated heterocycles. The minimum Gasteiger partial charge on any atom is -0.493 e. The summed E-state index contributed by atoms with van der Waals surface area (Å²) in [4.78, 5) is 0. The molecule has 0 spiro atoms. The van der Waals surface area contributed by atoms with Gasteiger partial charge in [0.25, 0.3) is 0 Å². The second-order valence-electron chi connectivity index (χ2n) is 4.86. The van der Waals surface area contributed by atoms with Crippen LogP contribution in [-0.4, -0.2) is 18.3 Å². The summed E-state index contributed by atoms with van der Waals surface area (Å²) in [5.74, 6) is 7.69. The standard InChI is InChI=1S/C16H20O2/c1-13-11-14(5-2-3-10-17)8-9-16(13)18-12-15-6-4-7-15/h8-9,11,15,17H,3-4,6-7,10,12H2,1H3. The van der Waals surface area contributed by atoms with Crippen molar-refractivity contribution < 1.29 is 9.84 Å². The molecule has 0 heterocycles. The molecule has 0 amide bonds. The predicted molar refractivity (Wildman–Crippen MR) is 72.6 cm³/mol. The fourth-order valence-corrected chi connectivity index (χ4v) is 1.98. The molecular formula is C16H20O2. The van der Waals surface area contributed by atoms with E-state index in [1.807, 2.05) is 25.1 Å². The average molecular weight is 244 g/mol. The van der Waals surface area contributed by atoms with Crippen molar-refractivity contribution in [1.29, 1.82) is 0 Å². The summed E-state index contributed by atoms with van der Waals surface area (Å²) < 4.78 is 5.83. The highest BCUT2D eigenvalue weighted by Crippen LogP contribution is 2.28. The highest BCUT2D eigenvalue weighted by atomic mass is 16.5. The van der Waals surface area contributed by atoms with Gasteiger partial charge in [-0.25, -0.2) is 0 Å². The summed E-state index contributed by atoms with van der Waals surface area (Å²) in [6.07, 6.45) is 4.50. The number of ether oxygens (including phenoxy) is 1. The molecule has 0 atom stereocenters. The van der Waals surface area contributed by atoms with E-state index in [1.165, 1.54) is 19.3 Å². The molecule has 1 aromatic carbocycles. The van der Waals surface area contributed by atoms with Crippen LogP contribution in [0.5, 0.6) is 5.75 Å². The van der Waals surface area contributed by atoms with Crippen LogP contribution < -0.4 is 4.74 Å². The molecule has 0 bridgehead atoms. The van der Waals surface area contributed by atoms with Crippen LogP contribution in [0.2, 0.25) is 0 Å². The van der Waals surface area contributed by atoms with Gasteiger partial charge >= 0.3 is 0 Å². The Kier molecular flexibility index (Phi) is 4.66. The SMILES string of the molecule is Cc1cc(C#CCCO)ccc1OCC1CCC1. The number of aryl methyl sites for hydroxylation is 1. The second-order valence-corrected chi connectivity index (χ2v) is 4.86. The number of rotatable bonds is 4. The van der Waals surface area contributed by atoms with Crippen LogP contribution in [0.1, 0.15) is 36.8 Å². The fraction of sp³-hybridized carbons (Fsp3) is 0.500. The summed E-state index contributed by atoms with van der Waals surface area (Å²) in [6.45, 7) is 3.01. The van der Waals surface area contributed by atoms with E-state index in [-0.39, 0.29) is 6.61 Å². The number of aliphatic hydroxyl groups excluding tert-OH is 1. The van der Waals surface area contributed by atoms with E-state index < -0.39 is 0 Å². The van der Waals surface area contributed by atoms with Crippen molar-refractivity contribution in [3.8, 4) is 17.6 Å². The lowest BCUT2D eigenvalue weighted by molar-refractivity contribution is 0.180. The van der Waals surface area contributed by atoms with Gasteiger partial charge in [0.1, 0.15) is 5.75 Å². The molecule has 2 nitrogen and oxygen atoms in total. The molecule has 1 aromatic rings. The van der Waals surface area contributed by atoms with Crippen molar-refractivity contribution in [1.82, 2.24) is 0 Å². The Hall–Kier alpha value is -1.46. The normalized spacial score (nSPS) is 14.6. The van der Waals surface area contributed by atoms with Crippen LogP contribution >= 0.6 is 0 Å². The molecule has 1 fully saturated rings. The van der Waals surface area contributed by atoms with Crippen LogP contribution in [0.3, 0.4) is 0 Å². The van der Waals surface area contributed by atoms with E-state index in [9.17, 15) is 0 Å². The van der Waals surface area contributed by atoms with Gasteiger partial charge in [-0.1, -0.05) is 18.3 Å². The highest BCUT2D eigenvalue weighted by molar-refractivity contribution is 5.43. The zero-order valence-electron chi connectivity index (χ0n) is 10.9. The Morgan fingerprint density at radius 2 is 2.22 bits per heavy atom. The molecule has 1 saturated carbocycles. The molecule has 1 aliphatic carbocycles. The molecule has 0 radical (unpaired) electrons. The van der Waals surface area contributed by atoms with Crippen LogP contribution in [0, 0.1) is 24.7 Å². The molecule has 1 aliphatic rings. The lowest BCUT2D eigenvalue weighted by atomic mass is 9.86. The Bertz CT molecular complexity index is 450. The summed E-state index contributed by atoms with van der Waals surface area (Å²) >= 11 is 0. The van der Waals surface area contributed by atoms with Gasteiger partial charge in [-0.05, 0) is 49.4 Å². The molecular weight excluding hydrogens is 224 g/mol. The van der Waals surface area contributed by atoms with E-state index in [4.69, 9.17) is 9.84 Å². The number of aliphatic hydroxyl groups is 1. The zero-order valence-corrected chi connectivity index (χ0v) is 10.9. The van der Waals surface area contributed by atoms with Gasteiger partial charge in [-0.15, -0.1) is 0 Å². The molecule has 96 valence electrons. The highest BCUT2D eigenvalue weighted by Gasteiger charge is 2.18. The quantitative estimate of drug-likeness (QED) is 0.825. The molecule has 2 rings (SSSR count). The van der Waals surface area contributed by atoms with Crippen molar-refractivity contribution in [2.75, 3.05) is 13.2 Å². The first-order valence-corrected chi connectivity index (χ1v) is 6.63. The van der Waals surface area contributed by atoms with Crippen LogP contribution in [0.4, 0.5) is 0 Å². The summed E-state index contributed by atoms with van der Waals surface area (Å²) in [5, 5.41) is 8.67. The maximum Gasteiger partial charge on any atom is 0.122 e. The van der Waals surface area contributed by atoms with E-state index in [0.717, 1.165) is 29.4 Å². The number of benzene rings is 1. The van der Waals surface area contributed by atoms with Gasteiger partial charge in [0.05, 0.1) is 13.2 Å². The Morgan fingerprint density at radius 3 is 2.83 bits per heavy atom. The maximum absolute atomic E-state index is 8.67. The Balaban J connectivity index is 1.94. The van der Waals surface area contributed by atoms with E-state index in [1.54, 1.807) is 0 Å². The molecule has 2 heteroatoms. The average Bonchev–Trinajstić information content (AvgIpc) is 2.30. The van der Waals surface area contributed by atoms with Gasteiger partial charge < -0.3 is 9.84 Å². The van der Waals surface area contributed by atoms with Gasteiger partial charge in [0.2, 0.25) is 0 Å². The summed E-state index contributed by atoms with van der Waals surface area (Å²) in [6, 6.07) is 6.02. The van der Waals surface area contributed by atoms with Gasteiger partial charge in [-0.3, -0.25) is 0 Å². The number of hydrogen-bond acceptors (Lipinski definition) is 2. The van der Waals surface area contributed by atoms with Crippen molar-refractivity contribution in [3.05, 3.63) is 29.3 Å². The molecule has 18 heavy (non-hydrogen) atoms. The van der Waals surface area contributed by atoms with Crippen LogP contribution in [0.25, 0.3) is 0 Å². The van der Waals surface area contributed by atoms with Crippen LogP contribution in [0.15, 0.2) is 18.2 Å². The third kappa shape index (κ3) is 3.51. The Morgan fingerprint density at radius 1 is 1.39 bits per heavy atom. The van der Waals surface area contributed by atoms with E-state index >= 15 is 0 Å². The topological polar surface area (TPSA) is 29.5 Å². The first-order chi connectivity index (χ1) is 8.79. The molecule has 1 N–H and O–H groups in total. The van der Waals surface area contributed by atoms with E-state index in [2.05, 4.69) is 11.8 Å². The number of hydrogen-bond donors (Lipinski definition) is 1. The zero-order chi connectivity index (χ0) is 12.8. The predicted octanol–water partition coefficient (Wildman–Crippen LogP) is 2.91. The first kappa shape index (κ1) is 13.0. The summed E-state index contributed by atoms with van der Waals surface area (Å²) in [5.41, 5.74) is 2.11. The molecule has 0 aromatic heterocycles. The fourth-order valence-electron chi connectivity index (χ4n) is 1.98. The third-order valence-corrected chi connectivity index (χ3v) is 3.34. The van der Waals surface area contributed by atoms with Crippen molar-refractivity contribution >= 4 is 0 Å². The second kappa shape index (κ2) is 6.47. The van der Waals surface area contributed by atoms with Crippen molar-refractivity contribution in [3.63, 3.8) is 0 Å². The smallest absolute Gasteiger partial charge is 0.122 e. The largest absolute Gasteiger partial charge is 0.493 e. The molecule has 0 aliphatic heterocycles. The third-order valence-electron chi connectivity index (χ3n) is 3.34. The Labute approximate surface area is 109 Å². The first-order valence-electron chi connectivity index (χ1n) is 6.63. The summed E-state index contributed by atoms with van der Waals surface area (Å²) in [7, 11) is 0. The maximum atomic E-state index is 8.67. The van der Waals surface area contributed by atoms with Crippen molar-refractivity contribution in [2.24, 2.45) is 5.92 Å². The van der Waals surface area contributed by atoms with Gasteiger partial charge in [0, 0.05) is 12.0 Å². The van der Waals surface area contributed by atoms with E-state index in [0.29, 0.717) is 6.42 Å². The minimum absolute atomic E-state index is 0.120. The van der Waals surface area contributed by atoms with Gasteiger partial charge in [0.15, 0.2) is 0 Å².